The highest BCUT2D eigenvalue weighted by Crippen LogP contribution is 2.25. The van der Waals surface area contributed by atoms with E-state index in [-0.39, 0.29) is 17.5 Å². The summed E-state index contributed by atoms with van der Waals surface area (Å²) >= 11 is 0. The normalized spacial score (nSPS) is 15.5. The number of likely N-dealkylation sites (tertiary alicyclic amines) is 1. The minimum Gasteiger partial charge on any atom is -0.478 e. The molecule has 7 heteroatoms. The molecule has 1 aliphatic heterocycles. The van der Waals surface area contributed by atoms with Crippen molar-refractivity contribution in [3.63, 3.8) is 0 Å². The van der Waals surface area contributed by atoms with Crippen molar-refractivity contribution in [3.05, 3.63) is 53.1 Å². The standard InChI is InChI=1S/C17H18FN3O3/c1-11-15(17(23)24)10-19-21(11)14-5-7-20(8-6-14)16(22)12-3-2-4-13(18)9-12/h2-4,9-10,14H,5-8H2,1H3,(H,23,24). The summed E-state index contributed by atoms with van der Waals surface area (Å²) in [5, 5.41) is 13.3. The first-order chi connectivity index (χ1) is 11.5. The number of carbonyl (C=O) groups excluding carboxylic acids is 1. The summed E-state index contributed by atoms with van der Waals surface area (Å²) < 4.78 is 15.0. The molecule has 1 N–H and O–H groups in total. The third-order valence-corrected chi connectivity index (χ3v) is 4.44. The van der Waals surface area contributed by atoms with Crippen LogP contribution in [0.5, 0.6) is 0 Å². The van der Waals surface area contributed by atoms with Crippen molar-refractivity contribution in [2.24, 2.45) is 0 Å². The number of hydrogen-bond donors (Lipinski definition) is 1. The number of nitrogens with zero attached hydrogens (tertiary/aromatic N) is 3. The van der Waals surface area contributed by atoms with Gasteiger partial charge in [-0.25, -0.2) is 9.18 Å². The third kappa shape index (κ3) is 3.02. The zero-order valence-corrected chi connectivity index (χ0v) is 13.3. The van der Waals surface area contributed by atoms with E-state index in [0.717, 1.165) is 0 Å². The van der Waals surface area contributed by atoms with E-state index in [2.05, 4.69) is 5.10 Å². The van der Waals surface area contributed by atoms with Gasteiger partial charge in [0.2, 0.25) is 0 Å². The fourth-order valence-corrected chi connectivity index (χ4v) is 3.12. The van der Waals surface area contributed by atoms with E-state index >= 15 is 0 Å². The monoisotopic (exact) mass is 331 g/mol. The number of rotatable bonds is 3. The lowest BCUT2D eigenvalue weighted by Gasteiger charge is -2.32. The molecule has 1 fully saturated rings. The van der Waals surface area contributed by atoms with Crippen LogP contribution >= 0.6 is 0 Å². The van der Waals surface area contributed by atoms with E-state index < -0.39 is 11.8 Å². The van der Waals surface area contributed by atoms with Crippen LogP contribution in [0.4, 0.5) is 4.39 Å². The minimum absolute atomic E-state index is 0.0645. The number of carboxylic acids is 1. The van der Waals surface area contributed by atoms with Gasteiger partial charge in [0.15, 0.2) is 0 Å². The largest absolute Gasteiger partial charge is 0.478 e. The second kappa shape index (κ2) is 6.43. The number of hydrogen-bond acceptors (Lipinski definition) is 3. The van der Waals surface area contributed by atoms with Crippen molar-refractivity contribution in [1.29, 1.82) is 0 Å². The van der Waals surface area contributed by atoms with Crippen LogP contribution < -0.4 is 0 Å². The Morgan fingerprint density at radius 3 is 2.58 bits per heavy atom. The second-order valence-electron chi connectivity index (χ2n) is 5.93. The highest BCUT2D eigenvalue weighted by Gasteiger charge is 2.27. The van der Waals surface area contributed by atoms with Crippen LogP contribution in [0.2, 0.25) is 0 Å². The Balaban J connectivity index is 1.68. The lowest BCUT2D eigenvalue weighted by Crippen LogP contribution is -2.39. The third-order valence-electron chi connectivity index (χ3n) is 4.44. The Morgan fingerprint density at radius 2 is 2.00 bits per heavy atom. The Hall–Kier alpha value is -2.70. The van der Waals surface area contributed by atoms with Crippen LogP contribution in [0.25, 0.3) is 0 Å². The molecule has 1 saturated heterocycles. The van der Waals surface area contributed by atoms with Gasteiger partial charge in [-0.3, -0.25) is 9.48 Å². The van der Waals surface area contributed by atoms with Gasteiger partial charge in [-0.15, -0.1) is 0 Å². The molecule has 1 amide bonds. The average Bonchev–Trinajstić information content (AvgIpc) is 2.96. The molecule has 0 spiro atoms. The van der Waals surface area contributed by atoms with Crippen LogP contribution in [0.1, 0.15) is 45.3 Å². The quantitative estimate of drug-likeness (QED) is 0.938. The molecule has 0 unspecified atom stereocenters. The molecule has 3 rings (SSSR count). The van der Waals surface area contributed by atoms with Crippen molar-refractivity contribution in [2.45, 2.75) is 25.8 Å². The maximum atomic E-state index is 13.3. The lowest BCUT2D eigenvalue weighted by molar-refractivity contribution is 0.0687. The molecule has 0 atom stereocenters. The van der Waals surface area contributed by atoms with Crippen molar-refractivity contribution >= 4 is 11.9 Å². The van der Waals surface area contributed by atoms with Gasteiger partial charge in [0.05, 0.1) is 17.9 Å². The lowest BCUT2D eigenvalue weighted by atomic mass is 10.0. The Bertz CT molecular complexity index is 779. The maximum Gasteiger partial charge on any atom is 0.339 e. The Morgan fingerprint density at radius 1 is 1.29 bits per heavy atom. The van der Waals surface area contributed by atoms with E-state index in [1.54, 1.807) is 22.6 Å². The zero-order chi connectivity index (χ0) is 17.3. The molecular weight excluding hydrogens is 313 g/mol. The number of halogens is 1. The fraction of sp³-hybridized carbons (Fsp3) is 0.353. The molecule has 24 heavy (non-hydrogen) atoms. The van der Waals surface area contributed by atoms with Crippen molar-refractivity contribution in [2.75, 3.05) is 13.1 Å². The number of carboxylic acid groups (broad SMARTS) is 1. The van der Waals surface area contributed by atoms with Gasteiger partial charge in [-0.05, 0) is 38.0 Å². The van der Waals surface area contributed by atoms with Gasteiger partial charge >= 0.3 is 5.97 Å². The number of amides is 1. The zero-order valence-electron chi connectivity index (χ0n) is 13.3. The molecule has 2 heterocycles. The maximum absolute atomic E-state index is 13.3. The fourth-order valence-electron chi connectivity index (χ4n) is 3.12. The summed E-state index contributed by atoms with van der Waals surface area (Å²) in [6.45, 7) is 2.80. The summed E-state index contributed by atoms with van der Waals surface area (Å²) in [4.78, 5) is 25.2. The van der Waals surface area contributed by atoms with Gasteiger partial charge in [0.25, 0.3) is 5.91 Å². The SMILES string of the molecule is Cc1c(C(=O)O)cnn1C1CCN(C(=O)c2cccc(F)c2)CC1. The highest BCUT2D eigenvalue weighted by atomic mass is 19.1. The molecular formula is C17H18FN3O3. The first-order valence-electron chi connectivity index (χ1n) is 7.79. The second-order valence-corrected chi connectivity index (χ2v) is 5.93. The van der Waals surface area contributed by atoms with Gasteiger partial charge in [-0.2, -0.15) is 5.10 Å². The summed E-state index contributed by atoms with van der Waals surface area (Å²) in [6.07, 6.45) is 2.73. The smallest absolute Gasteiger partial charge is 0.339 e. The van der Waals surface area contributed by atoms with Gasteiger partial charge in [0, 0.05) is 18.7 Å². The van der Waals surface area contributed by atoms with Gasteiger partial charge < -0.3 is 10.0 Å². The molecule has 126 valence electrons. The number of aromatic nitrogens is 2. The summed E-state index contributed by atoms with van der Waals surface area (Å²) in [7, 11) is 0. The average molecular weight is 331 g/mol. The van der Waals surface area contributed by atoms with E-state index in [4.69, 9.17) is 5.11 Å². The Kier molecular flexibility index (Phi) is 4.33. The molecule has 6 nitrogen and oxygen atoms in total. The van der Waals surface area contributed by atoms with E-state index in [1.165, 1.54) is 24.4 Å². The molecule has 0 radical (unpaired) electrons. The first-order valence-corrected chi connectivity index (χ1v) is 7.79. The molecule has 1 aromatic carbocycles. The molecule has 0 saturated carbocycles. The summed E-state index contributed by atoms with van der Waals surface area (Å²) in [5.41, 5.74) is 1.17. The number of piperidine rings is 1. The van der Waals surface area contributed by atoms with Crippen molar-refractivity contribution in [1.82, 2.24) is 14.7 Å². The number of benzene rings is 1. The van der Waals surface area contributed by atoms with Crippen LogP contribution in [0, 0.1) is 12.7 Å². The number of aromatic carboxylic acids is 1. The van der Waals surface area contributed by atoms with Crippen LogP contribution in [0.3, 0.4) is 0 Å². The summed E-state index contributed by atoms with van der Waals surface area (Å²) in [6, 6.07) is 5.74. The van der Waals surface area contributed by atoms with E-state index in [1.807, 2.05) is 0 Å². The van der Waals surface area contributed by atoms with E-state index in [9.17, 15) is 14.0 Å². The van der Waals surface area contributed by atoms with Gasteiger partial charge in [-0.1, -0.05) is 6.07 Å². The molecule has 0 aliphatic carbocycles. The molecule has 2 aromatic rings. The first kappa shape index (κ1) is 16.2. The topological polar surface area (TPSA) is 75.4 Å². The Labute approximate surface area is 138 Å². The van der Waals surface area contributed by atoms with Crippen LogP contribution in [-0.2, 0) is 0 Å². The van der Waals surface area contributed by atoms with E-state index in [0.29, 0.717) is 37.2 Å². The predicted molar refractivity (Wildman–Crippen MR) is 84.5 cm³/mol. The molecule has 1 aromatic heterocycles. The van der Waals surface area contributed by atoms with Crippen molar-refractivity contribution in [3.8, 4) is 0 Å². The minimum atomic E-state index is -0.988. The van der Waals surface area contributed by atoms with Crippen molar-refractivity contribution < 1.29 is 19.1 Å². The predicted octanol–water partition coefficient (Wildman–Crippen LogP) is 2.51. The highest BCUT2D eigenvalue weighted by molar-refractivity contribution is 5.94. The van der Waals surface area contributed by atoms with Gasteiger partial charge in [0.1, 0.15) is 11.4 Å². The van der Waals surface area contributed by atoms with Crippen LogP contribution in [-0.4, -0.2) is 44.8 Å². The molecule has 1 aliphatic rings. The summed E-state index contributed by atoms with van der Waals surface area (Å²) in [5.74, 6) is -1.60. The molecule has 0 bridgehead atoms. The number of carbonyl (C=O) groups is 2. The van der Waals surface area contributed by atoms with Crippen LogP contribution in [0.15, 0.2) is 30.5 Å².